The van der Waals surface area contributed by atoms with Crippen LogP contribution in [0.15, 0.2) is 64.5 Å². The van der Waals surface area contributed by atoms with E-state index in [-0.39, 0.29) is 11.5 Å². The Morgan fingerprint density at radius 3 is 2.44 bits per heavy atom. The van der Waals surface area contributed by atoms with Crippen LogP contribution in [-0.4, -0.2) is 36.7 Å². The highest BCUT2D eigenvalue weighted by atomic mass is 16.5. The van der Waals surface area contributed by atoms with Crippen molar-refractivity contribution in [3.05, 3.63) is 81.6 Å². The van der Waals surface area contributed by atoms with Crippen LogP contribution in [0.5, 0.6) is 17.2 Å². The molecule has 36 heavy (non-hydrogen) atoms. The fourth-order valence-electron chi connectivity index (χ4n) is 4.13. The number of hydrogen-bond acceptors (Lipinski definition) is 6. The van der Waals surface area contributed by atoms with Gasteiger partial charge in [0.25, 0.3) is 5.56 Å². The Hall–Kier alpha value is -4.13. The number of fused-ring (bicyclic) bond motifs is 1. The molecule has 186 valence electrons. The summed E-state index contributed by atoms with van der Waals surface area (Å²) in [5.41, 5.74) is 3.95. The largest absolute Gasteiger partial charge is 0.494 e. The zero-order valence-corrected chi connectivity index (χ0v) is 21.5. The number of benzene rings is 3. The molecule has 4 rings (SSSR count). The maximum absolute atomic E-state index is 13.6. The number of hydrogen-bond donors (Lipinski definition) is 0. The number of nitrogens with zero attached hydrogens (tertiary/aromatic N) is 3. The average molecular weight is 486 g/mol. The molecule has 1 heterocycles. The summed E-state index contributed by atoms with van der Waals surface area (Å²) < 4.78 is 18.0. The van der Waals surface area contributed by atoms with Crippen molar-refractivity contribution in [2.24, 2.45) is 5.10 Å². The highest BCUT2D eigenvalue weighted by Crippen LogP contribution is 2.34. The van der Waals surface area contributed by atoms with Crippen molar-refractivity contribution in [2.45, 2.75) is 33.6 Å². The molecule has 7 heteroatoms. The molecule has 0 saturated heterocycles. The van der Waals surface area contributed by atoms with Crippen LogP contribution in [0.25, 0.3) is 22.3 Å². The Morgan fingerprint density at radius 2 is 1.75 bits per heavy atom. The van der Waals surface area contributed by atoms with Crippen LogP contribution in [0.3, 0.4) is 0 Å². The maximum Gasteiger partial charge on any atom is 0.282 e. The summed E-state index contributed by atoms with van der Waals surface area (Å²) in [4.78, 5) is 18.5. The number of aromatic nitrogens is 2. The molecule has 0 bridgehead atoms. The lowest BCUT2D eigenvalue weighted by molar-refractivity contribution is 0.335. The van der Waals surface area contributed by atoms with Gasteiger partial charge in [0, 0.05) is 5.56 Å². The van der Waals surface area contributed by atoms with E-state index in [2.05, 4.69) is 25.0 Å². The van der Waals surface area contributed by atoms with Crippen molar-refractivity contribution < 1.29 is 14.2 Å². The average Bonchev–Trinajstić information content (AvgIpc) is 2.88. The van der Waals surface area contributed by atoms with Crippen LogP contribution in [-0.2, 0) is 0 Å². The van der Waals surface area contributed by atoms with Crippen molar-refractivity contribution in [1.82, 2.24) is 9.66 Å². The Labute approximate surface area is 211 Å². The van der Waals surface area contributed by atoms with Gasteiger partial charge >= 0.3 is 0 Å². The van der Waals surface area contributed by atoms with Gasteiger partial charge < -0.3 is 14.2 Å². The Bertz CT molecular complexity index is 1490. The lowest BCUT2D eigenvalue weighted by Crippen LogP contribution is -2.21. The number of rotatable bonds is 8. The van der Waals surface area contributed by atoms with E-state index in [1.807, 2.05) is 44.2 Å². The number of methoxy groups -OCH3 is 2. The molecule has 0 spiro atoms. The van der Waals surface area contributed by atoms with Gasteiger partial charge in [0.1, 0.15) is 5.75 Å². The normalized spacial score (nSPS) is 11.4. The number of para-hydroxylation sites is 1. The molecule has 7 nitrogen and oxygen atoms in total. The smallest absolute Gasteiger partial charge is 0.282 e. The first-order valence-corrected chi connectivity index (χ1v) is 11.9. The predicted molar refractivity (Wildman–Crippen MR) is 144 cm³/mol. The third-order valence-corrected chi connectivity index (χ3v) is 6.00. The van der Waals surface area contributed by atoms with E-state index < -0.39 is 0 Å². The van der Waals surface area contributed by atoms with Gasteiger partial charge in [0.15, 0.2) is 17.3 Å². The zero-order valence-electron chi connectivity index (χ0n) is 21.5. The molecule has 1 aromatic heterocycles. The van der Waals surface area contributed by atoms with E-state index in [1.165, 1.54) is 4.68 Å². The fraction of sp³-hybridized carbons (Fsp3) is 0.276. The molecule has 0 atom stereocenters. The summed E-state index contributed by atoms with van der Waals surface area (Å²) in [5, 5.41) is 5.10. The SMILES string of the molecule is CCOc1cc(C)c(-c2nc3ccccc3c(=O)n2N=Cc2ccc(OC)c(OC)c2)cc1C(C)C. The third kappa shape index (κ3) is 4.82. The molecular weight excluding hydrogens is 454 g/mol. The summed E-state index contributed by atoms with van der Waals surface area (Å²) in [6.45, 7) is 8.78. The highest BCUT2D eigenvalue weighted by Gasteiger charge is 2.18. The van der Waals surface area contributed by atoms with Crippen molar-refractivity contribution in [1.29, 1.82) is 0 Å². The van der Waals surface area contributed by atoms with Crippen molar-refractivity contribution in [2.75, 3.05) is 20.8 Å². The lowest BCUT2D eigenvalue weighted by atomic mass is 9.96. The maximum atomic E-state index is 13.6. The number of ether oxygens (including phenoxy) is 3. The lowest BCUT2D eigenvalue weighted by Gasteiger charge is -2.18. The summed E-state index contributed by atoms with van der Waals surface area (Å²) >= 11 is 0. The van der Waals surface area contributed by atoms with Crippen molar-refractivity contribution in [3.63, 3.8) is 0 Å². The van der Waals surface area contributed by atoms with Crippen LogP contribution < -0.4 is 19.8 Å². The van der Waals surface area contributed by atoms with E-state index in [9.17, 15) is 4.79 Å². The van der Waals surface area contributed by atoms with Gasteiger partial charge in [0.2, 0.25) is 0 Å². The van der Waals surface area contributed by atoms with Gasteiger partial charge in [0.05, 0.1) is 37.9 Å². The molecule has 0 aliphatic heterocycles. The van der Waals surface area contributed by atoms with E-state index in [0.29, 0.717) is 34.8 Å². The molecule has 3 aromatic carbocycles. The molecule has 0 radical (unpaired) electrons. The predicted octanol–water partition coefficient (Wildman–Crippen LogP) is 5.79. The first-order valence-electron chi connectivity index (χ1n) is 11.9. The van der Waals surface area contributed by atoms with E-state index >= 15 is 0 Å². The molecule has 0 saturated carbocycles. The van der Waals surface area contributed by atoms with E-state index in [4.69, 9.17) is 19.2 Å². The molecule has 0 aliphatic rings. The minimum absolute atomic E-state index is 0.224. The van der Waals surface area contributed by atoms with Gasteiger partial charge in [-0.1, -0.05) is 26.0 Å². The second-order valence-corrected chi connectivity index (χ2v) is 8.72. The Kier molecular flexibility index (Phi) is 7.38. The second-order valence-electron chi connectivity index (χ2n) is 8.72. The highest BCUT2D eigenvalue weighted by molar-refractivity contribution is 5.83. The first kappa shape index (κ1) is 25.0. The van der Waals surface area contributed by atoms with E-state index in [1.54, 1.807) is 38.6 Å². The molecule has 0 aliphatic carbocycles. The van der Waals surface area contributed by atoms with E-state index in [0.717, 1.165) is 28.0 Å². The molecule has 0 fully saturated rings. The number of aryl methyl sites for hydroxylation is 1. The Morgan fingerprint density at radius 1 is 1.00 bits per heavy atom. The van der Waals surface area contributed by atoms with Gasteiger partial charge in [-0.3, -0.25) is 4.79 Å². The van der Waals surface area contributed by atoms with Crippen LogP contribution in [0, 0.1) is 6.92 Å². The zero-order chi connectivity index (χ0) is 25.8. The second kappa shape index (κ2) is 10.6. The quantitative estimate of drug-likeness (QED) is 0.295. The standard InChI is InChI=1S/C29H31N3O4/c1-7-36-26-14-19(4)23(16-22(26)18(2)3)28-31-24-11-9-8-10-21(24)29(33)32(28)30-17-20-12-13-25(34-5)27(15-20)35-6/h8-18H,7H2,1-6H3. The van der Waals surface area contributed by atoms with Crippen LogP contribution in [0.4, 0.5) is 0 Å². The molecule has 4 aromatic rings. The van der Waals surface area contributed by atoms with Gasteiger partial charge in [-0.2, -0.15) is 9.78 Å². The monoisotopic (exact) mass is 485 g/mol. The van der Waals surface area contributed by atoms with Crippen LogP contribution in [0.2, 0.25) is 0 Å². The van der Waals surface area contributed by atoms with Crippen LogP contribution in [0.1, 0.15) is 43.4 Å². The summed E-state index contributed by atoms with van der Waals surface area (Å²) in [7, 11) is 3.17. The van der Waals surface area contributed by atoms with Crippen LogP contribution >= 0.6 is 0 Å². The summed E-state index contributed by atoms with van der Waals surface area (Å²) in [6, 6.07) is 16.8. The topological polar surface area (TPSA) is 74.9 Å². The van der Waals surface area contributed by atoms with Gasteiger partial charge in [-0.05, 0) is 78.9 Å². The molecular formula is C29H31N3O4. The van der Waals surface area contributed by atoms with Crippen molar-refractivity contribution >= 4 is 17.1 Å². The fourth-order valence-corrected chi connectivity index (χ4v) is 4.13. The van der Waals surface area contributed by atoms with Gasteiger partial charge in [-0.25, -0.2) is 4.98 Å². The molecule has 0 N–H and O–H groups in total. The molecule has 0 unspecified atom stereocenters. The van der Waals surface area contributed by atoms with Gasteiger partial charge in [-0.15, -0.1) is 0 Å². The molecule has 0 amide bonds. The minimum atomic E-state index is -0.244. The third-order valence-electron chi connectivity index (χ3n) is 6.00. The summed E-state index contributed by atoms with van der Waals surface area (Å²) in [5.74, 6) is 2.73. The minimum Gasteiger partial charge on any atom is -0.494 e. The Balaban J connectivity index is 1.94. The first-order chi connectivity index (χ1) is 17.4. The summed E-state index contributed by atoms with van der Waals surface area (Å²) in [6.07, 6.45) is 1.62. The van der Waals surface area contributed by atoms with Crippen molar-refractivity contribution in [3.8, 4) is 28.6 Å².